The second kappa shape index (κ2) is 9.69. The molecular formula is C20H22ClNO4S. The van der Waals surface area contributed by atoms with Gasteiger partial charge in [0.1, 0.15) is 0 Å². The van der Waals surface area contributed by atoms with Gasteiger partial charge < -0.3 is 4.74 Å². The Morgan fingerprint density at radius 1 is 1.15 bits per heavy atom. The van der Waals surface area contributed by atoms with Crippen LogP contribution in [0, 0.1) is 0 Å². The molecule has 0 aliphatic carbocycles. The van der Waals surface area contributed by atoms with Gasteiger partial charge in [-0.3, -0.25) is 4.79 Å². The summed E-state index contributed by atoms with van der Waals surface area (Å²) in [5, 5.41) is 0.481. The quantitative estimate of drug-likeness (QED) is 0.644. The number of nitrogens with one attached hydrogen (secondary N) is 1. The maximum atomic E-state index is 12.3. The number of aryl methyl sites for hydroxylation is 1. The van der Waals surface area contributed by atoms with Gasteiger partial charge in [0.15, 0.2) is 0 Å². The summed E-state index contributed by atoms with van der Waals surface area (Å²) in [7, 11) is -2.23. The lowest BCUT2D eigenvalue weighted by molar-refractivity contribution is -0.140. The van der Waals surface area contributed by atoms with Crippen LogP contribution in [0.3, 0.4) is 0 Å². The molecule has 0 aliphatic heterocycles. The molecule has 0 heterocycles. The van der Waals surface area contributed by atoms with E-state index in [-0.39, 0.29) is 17.4 Å². The van der Waals surface area contributed by atoms with Crippen molar-refractivity contribution >= 4 is 33.7 Å². The molecule has 2 aromatic rings. The zero-order valence-electron chi connectivity index (χ0n) is 15.1. The smallest absolute Gasteiger partial charge is 0.305 e. The van der Waals surface area contributed by atoms with Gasteiger partial charge in [0.05, 0.1) is 12.0 Å². The number of benzene rings is 2. The molecular weight excluding hydrogens is 386 g/mol. The molecule has 0 fully saturated rings. The summed E-state index contributed by atoms with van der Waals surface area (Å²) in [6.07, 6.45) is 3.08. The summed E-state index contributed by atoms with van der Waals surface area (Å²) in [4.78, 5) is 11.5. The molecule has 0 atom stereocenters. The Labute approximate surface area is 165 Å². The van der Waals surface area contributed by atoms with Crippen LogP contribution in [0.15, 0.2) is 53.9 Å². The Balaban J connectivity index is 2.02. The van der Waals surface area contributed by atoms with E-state index < -0.39 is 10.0 Å². The number of carbonyl (C=O) groups excluding carboxylic acids is 1. The Bertz CT molecular complexity index is 908. The minimum Gasteiger partial charge on any atom is -0.469 e. The minimum atomic E-state index is -3.59. The second-order valence-corrected chi connectivity index (χ2v) is 8.17. The molecule has 2 rings (SSSR count). The number of methoxy groups -OCH3 is 1. The highest BCUT2D eigenvalue weighted by molar-refractivity contribution is 7.89. The van der Waals surface area contributed by atoms with Gasteiger partial charge in [-0.05, 0) is 53.8 Å². The molecule has 1 N–H and O–H groups in total. The Hall–Kier alpha value is -2.15. The highest BCUT2D eigenvalue weighted by atomic mass is 35.5. The SMILES string of the molecule is C=Cc1cc(CCNS(=O)(=O)c2ccc(Cl)cc2)cc(CCC(=O)OC)c1. The zero-order chi connectivity index (χ0) is 19.9. The van der Waals surface area contributed by atoms with Crippen molar-refractivity contribution in [3.8, 4) is 0 Å². The van der Waals surface area contributed by atoms with Crippen molar-refractivity contribution in [3.63, 3.8) is 0 Å². The number of halogens is 1. The maximum Gasteiger partial charge on any atom is 0.305 e. The molecule has 2 aromatic carbocycles. The zero-order valence-corrected chi connectivity index (χ0v) is 16.6. The number of sulfonamides is 1. The molecule has 0 spiro atoms. The van der Waals surface area contributed by atoms with Gasteiger partial charge in [0.25, 0.3) is 0 Å². The first-order valence-electron chi connectivity index (χ1n) is 8.41. The maximum absolute atomic E-state index is 12.3. The molecule has 0 bridgehead atoms. The summed E-state index contributed by atoms with van der Waals surface area (Å²) in [5.41, 5.74) is 2.87. The molecule has 0 aliphatic rings. The van der Waals surface area contributed by atoms with Crippen LogP contribution in [0.5, 0.6) is 0 Å². The third-order valence-corrected chi connectivity index (χ3v) is 5.71. The van der Waals surface area contributed by atoms with Crippen LogP contribution >= 0.6 is 11.6 Å². The molecule has 0 unspecified atom stereocenters. The minimum absolute atomic E-state index is 0.172. The predicted octanol–water partition coefficient (Wildman–Crippen LogP) is 3.61. The van der Waals surface area contributed by atoms with Gasteiger partial charge in [-0.1, -0.05) is 42.5 Å². The summed E-state index contributed by atoms with van der Waals surface area (Å²) in [6.45, 7) is 4.03. The van der Waals surface area contributed by atoms with Crippen molar-refractivity contribution in [3.05, 3.63) is 70.8 Å². The van der Waals surface area contributed by atoms with Gasteiger partial charge in [0, 0.05) is 18.0 Å². The summed E-state index contributed by atoms with van der Waals surface area (Å²) >= 11 is 5.79. The highest BCUT2D eigenvalue weighted by Crippen LogP contribution is 2.16. The van der Waals surface area contributed by atoms with Crippen LogP contribution in [0.25, 0.3) is 6.08 Å². The van der Waals surface area contributed by atoms with Gasteiger partial charge >= 0.3 is 5.97 Å². The van der Waals surface area contributed by atoms with Crippen LogP contribution in [0.4, 0.5) is 0 Å². The lowest BCUT2D eigenvalue weighted by Gasteiger charge is -2.10. The van der Waals surface area contributed by atoms with Crippen LogP contribution in [0.1, 0.15) is 23.1 Å². The lowest BCUT2D eigenvalue weighted by Crippen LogP contribution is -2.26. The van der Waals surface area contributed by atoms with Gasteiger partial charge in [-0.15, -0.1) is 0 Å². The van der Waals surface area contributed by atoms with Crippen molar-refractivity contribution in [1.29, 1.82) is 0 Å². The van der Waals surface area contributed by atoms with Crippen molar-refractivity contribution in [2.75, 3.05) is 13.7 Å². The lowest BCUT2D eigenvalue weighted by atomic mass is 10.0. The number of ether oxygens (including phenoxy) is 1. The monoisotopic (exact) mass is 407 g/mol. The molecule has 7 heteroatoms. The van der Waals surface area contributed by atoms with Crippen molar-refractivity contribution in [2.45, 2.75) is 24.2 Å². The van der Waals surface area contributed by atoms with Crippen molar-refractivity contribution < 1.29 is 17.9 Å². The highest BCUT2D eigenvalue weighted by Gasteiger charge is 2.13. The Morgan fingerprint density at radius 3 is 2.37 bits per heavy atom. The van der Waals surface area contributed by atoms with E-state index in [9.17, 15) is 13.2 Å². The summed E-state index contributed by atoms with van der Waals surface area (Å²) in [6, 6.07) is 11.9. The molecule has 27 heavy (non-hydrogen) atoms. The number of hydrogen-bond donors (Lipinski definition) is 1. The fraction of sp³-hybridized carbons (Fsp3) is 0.250. The van der Waals surface area contributed by atoms with E-state index in [1.807, 2.05) is 18.2 Å². The standard InChI is InChI=1S/C20H22ClNO4S/c1-3-15-12-16(4-9-20(23)26-2)14-17(13-15)10-11-22-27(24,25)19-7-5-18(21)6-8-19/h3,5-8,12-14,22H,1,4,9-11H2,2H3. The van der Waals surface area contributed by atoms with Crippen LogP contribution < -0.4 is 4.72 Å². The summed E-state index contributed by atoms with van der Waals surface area (Å²) < 4.78 is 31.9. The average Bonchev–Trinajstić information content (AvgIpc) is 2.66. The number of carbonyl (C=O) groups is 1. The fourth-order valence-electron chi connectivity index (χ4n) is 2.57. The molecule has 0 aromatic heterocycles. The van der Waals surface area contributed by atoms with E-state index in [2.05, 4.69) is 16.0 Å². The van der Waals surface area contributed by atoms with Crippen LogP contribution in [0.2, 0.25) is 5.02 Å². The van der Waals surface area contributed by atoms with Gasteiger partial charge in [-0.2, -0.15) is 0 Å². The van der Waals surface area contributed by atoms with E-state index in [4.69, 9.17) is 11.6 Å². The van der Waals surface area contributed by atoms with Gasteiger partial charge in [0.2, 0.25) is 10.0 Å². The third-order valence-electron chi connectivity index (χ3n) is 3.99. The van der Waals surface area contributed by atoms with Crippen molar-refractivity contribution in [1.82, 2.24) is 4.72 Å². The number of esters is 1. The first-order chi connectivity index (χ1) is 12.8. The summed E-state index contributed by atoms with van der Waals surface area (Å²) in [5.74, 6) is -0.267. The first-order valence-corrected chi connectivity index (χ1v) is 10.3. The second-order valence-electron chi connectivity index (χ2n) is 5.96. The van der Waals surface area contributed by atoms with E-state index >= 15 is 0 Å². The van der Waals surface area contributed by atoms with Crippen LogP contribution in [-0.4, -0.2) is 28.0 Å². The Morgan fingerprint density at radius 2 is 1.78 bits per heavy atom. The molecule has 5 nitrogen and oxygen atoms in total. The fourth-order valence-corrected chi connectivity index (χ4v) is 3.73. The first kappa shape index (κ1) is 21.2. The average molecular weight is 408 g/mol. The van der Waals surface area contributed by atoms with E-state index in [1.54, 1.807) is 6.08 Å². The third kappa shape index (κ3) is 6.50. The predicted molar refractivity (Wildman–Crippen MR) is 107 cm³/mol. The molecule has 144 valence electrons. The molecule has 0 saturated heterocycles. The topological polar surface area (TPSA) is 72.5 Å². The van der Waals surface area contributed by atoms with E-state index in [1.165, 1.54) is 31.4 Å². The molecule has 0 saturated carbocycles. The van der Waals surface area contributed by atoms with E-state index in [0.29, 0.717) is 24.3 Å². The Kier molecular flexibility index (Phi) is 7.59. The number of hydrogen-bond acceptors (Lipinski definition) is 4. The van der Waals surface area contributed by atoms with E-state index in [0.717, 1.165) is 16.7 Å². The van der Waals surface area contributed by atoms with Crippen molar-refractivity contribution in [2.24, 2.45) is 0 Å². The number of rotatable bonds is 9. The van der Waals surface area contributed by atoms with Gasteiger partial charge in [-0.25, -0.2) is 13.1 Å². The van der Waals surface area contributed by atoms with Crippen LogP contribution in [-0.2, 0) is 32.4 Å². The molecule has 0 amide bonds. The largest absolute Gasteiger partial charge is 0.469 e. The normalized spacial score (nSPS) is 11.2. The molecule has 0 radical (unpaired) electrons.